The van der Waals surface area contributed by atoms with E-state index in [9.17, 15) is 14.7 Å². The van der Waals surface area contributed by atoms with Crippen LogP contribution in [0.2, 0.25) is 0 Å². The van der Waals surface area contributed by atoms with E-state index in [4.69, 9.17) is 4.74 Å². The van der Waals surface area contributed by atoms with Gasteiger partial charge in [-0.2, -0.15) is 0 Å². The molecule has 2 atom stereocenters. The number of hydrogen-bond donors (Lipinski definition) is 1. The fourth-order valence-electron chi connectivity index (χ4n) is 1.21. The number of aliphatic carboxylic acids is 1. The minimum Gasteiger partial charge on any atom is -0.548 e. The molecule has 5 nitrogen and oxygen atoms in total. The van der Waals surface area contributed by atoms with Crippen molar-refractivity contribution in [2.45, 2.75) is 52.4 Å². The molecule has 0 aromatic heterocycles. The fourth-order valence-corrected chi connectivity index (χ4v) is 1.21. The molecule has 0 aromatic carbocycles. The van der Waals surface area contributed by atoms with E-state index >= 15 is 0 Å². The average molecular weight is 216 g/mol. The van der Waals surface area contributed by atoms with E-state index in [1.165, 1.54) is 6.92 Å². The monoisotopic (exact) mass is 216 g/mol. The lowest BCUT2D eigenvalue weighted by molar-refractivity contribution is -0.311. The smallest absolute Gasteiger partial charge is 0.217 e. The maximum absolute atomic E-state index is 10.8. The van der Waals surface area contributed by atoms with E-state index in [0.717, 1.165) is 0 Å². The molecule has 0 aliphatic heterocycles. The zero-order valence-electron chi connectivity index (χ0n) is 9.79. The number of amides is 1. The molecule has 0 aliphatic carbocycles. The van der Waals surface area contributed by atoms with Crippen LogP contribution < -0.4 is 10.4 Å². The van der Waals surface area contributed by atoms with Crippen LogP contribution in [0.4, 0.5) is 0 Å². The second-order valence-electron chi connectivity index (χ2n) is 4.43. The molecular weight excluding hydrogens is 198 g/mol. The first-order valence-electron chi connectivity index (χ1n) is 4.79. The molecule has 0 heterocycles. The molecule has 1 N–H and O–H groups in total. The van der Waals surface area contributed by atoms with Gasteiger partial charge in [-0.3, -0.25) is 4.79 Å². The highest BCUT2D eigenvalue weighted by atomic mass is 16.5. The van der Waals surface area contributed by atoms with Crippen molar-refractivity contribution >= 4 is 11.9 Å². The molecule has 0 aliphatic rings. The number of hydrogen-bond acceptors (Lipinski definition) is 4. The van der Waals surface area contributed by atoms with Crippen LogP contribution >= 0.6 is 0 Å². The summed E-state index contributed by atoms with van der Waals surface area (Å²) in [5.74, 6) is -1.77. The number of nitrogens with one attached hydrogen (secondary N) is 1. The highest BCUT2D eigenvalue weighted by Gasteiger charge is 2.24. The largest absolute Gasteiger partial charge is 0.548 e. The Morgan fingerprint density at radius 2 is 1.80 bits per heavy atom. The number of rotatable bonds is 4. The summed E-state index contributed by atoms with van der Waals surface area (Å²) in [5, 5.41) is 13.0. The van der Waals surface area contributed by atoms with Gasteiger partial charge >= 0.3 is 0 Å². The van der Waals surface area contributed by atoms with E-state index < -0.39 is 29.6 Å². The molecule has 0 aromatic rings. The third-order valence-electron chi connectivity index (χ3n) is 1.62. The Hall–Kier alpha value is -1.10. The molecule has 88 valence electrons. The van der Waals surface area contributed by atoms with Crippen LogP contribution in [0.3, 0.4) is 0 Å². The van der Waals surface area contributed by atoms with Crippen LogP contribution in [0.15, 0.2) is 0 Å². The maximum Gasteiger partial charge on any atom is 0.217 e. The Morgan fingerprint density at radius 3 is 2.07 bits per heavy atom. The van der Waals surface area contributed by atoms with Gasteiger partial charge < -0.3 is 20.0 Å². The SMILES string of the molecule is CC(=O)N[C@H](C(=O)[O-])[C@@H](C)OC(C)(C)C. The molecule has 0 saturated heterocycles. The van der Waals surface area contributed by atoms with Gasteiger partial charge in [0.2, 0.25) is 5.91 Å². The quantitative estimate of drug-likeness (QED) is 0.683. The van der Waals surface area contributed by atoms with Crippen LogP contribution in [-0.2, 0) is 14.3 Å². The van der Waals surface area contributed by atoms with Crippen molar-refractivity contribution < 1.29 is 19.4 Å². The van der Waals surface area contributed by atoms with Gasteiger partial charge in [-0.25, -0.2) is 0 Å². The van der Waals surface area contributed by atoms with E-state index in [1.807, 2.05) is 20.8 Å². The summed E-state index contributed by atoms with van der Waals surface area (Å²) in [6, 6.07) is -1.12. The molecule has 1 amide bonds. The van der Waals surface area contributed by atoms with Crippen molar-refractivity contribution in [2.24, 2.45) is 0 Å². The van der Waals surface area contributed by atoms with Crippen LogP contribution in [0.1, 0.15) is 34.6 Å². The Balaban J connectivity index is 4.49. The Labute approximate surface area is 89.8 Å². The van der Waals surface area contributed by atoms with Crippen molar-refractivity contribution in [1.82, 2.24) is 5.32 Å². The van der Waals surface area contributed by atoms with Crippen molar-refractivity contribution in [2.75, 3.05) is 0 Å². The second-order valence-corrected chi connectivity index (χ2v) is 4.43. The minimum absolute atomic E-state index is 0.423. The third kappa shape index (κ3) is 6.06. The number of carboxylic acid groups (broad SMARTS) is 1. The highest BCUT2D eigenvalue weighted by molar-refractivity contribution is 5.81. The Kier molecular flexibility index (Phi) is 4.74. The number of carboxylic acids is 1. The molecule has 0 fully saturated rings. The molecule has 0 unspecified atom stereocenters. The zero-order chi connectivity index (χ0) is 12.2. The van der Waals surface area contributed by atoms with Gasteiger partial charge in [0.15, 0.2) is 0 Å². The first kappa shape index (κ1) is 13.9. The predicted molar refractivity (Wildman–Crippen MR) is 52.9 cm³/mol. The summed E-state index contributed by atoms with van der Waals surface area (Å²) in [7, 11) is 0. The fraction of sp³-hybridized carbons (Fsp3) is 0.800. The normalized spacial score (nSPS) is 15.5. The van der Waals surface area contributed by atoms with Crippen LogP contribution in [0.5, 0.6) is 0 Å². The standard InChI is InChI=1S/C10H19NO4/c1-6(15-10(3,4)5)8(9(13)14)11-7(2)12/h6,8H,1-5H3,(H,11,12)(H,13,14)/p-1/t6-,8+/m1/s1. The molecule has 0 bridgehead atoms. The first-order chi connectivity index (χ1) is 6.63. The van der Waals surface area contributed by atoms with Crippen molar-refractivity contribution in [1.29, 1.82) is 0 Å². The van der Waals surface area contributed by atoms with E-state index in [1.54, 1.807) is 6.92 Å². The molecule has 0 saturated carbocycles. The van der Waals surface area contributed by atoms with Gasteiger partial charge in [-0.15, -0.1) is 0 Å². The van der Waals surface area contributed by atoms with E-state index in [0.29, 0.717) is 0 Å². The summed E-state index contributed by atoms with van der Waals surface area (Å²) < 4.78 is 5.43. The third-order valence-corrected chi connectivity index (χ3v) is 1.62. The second kappa shape index (κ2) is 5.11. The molecule has 0 radical (unpaired) electrons. The molecule has 0 spiro atoms. The number of carbonyl (C=O) groups excluding carboxylic acids is 2. The van der Waals surface area contributed by atoms with Gasteiger partial charge in [0.25, 0.3) is 0 Å². The van der Waals surface area contributed by atoms with Crippen LogP contribution in [-0.4, -0.2) is 29.6 Å². The predicted octanol–water partition coefficient (Wildman–Crippen LogP) is -0.555. The summed E-state index contributed by atoms with van der Waals surface area (Å²) in [6.07, 6.45) is -0.640. The van der Waals surface area contributed by atoms with Crippen LogP contribution in [0, 0.1) is 0 Å². The average Bonchev–Trinajstić information content (AvgIpc) is 1.95. The molecule has 0 rings (SSSR count). The van der Waals surface area contributed by atoms with Crippen molar-refractivity contribution in [3.8, 4) is 0 Å². The summed E-state index contributed by atoms with van der Waals surface area (Å²) in [4.78, 5) is 21.5. The lowest BCUT2D eigenvalue weighted by Crippen LogP contribution is -2.55. The highest BCUT2D eigenvalue weighted by Crippen LogP contribution is 2.12. The molecular formula is C10H18NO4-. The maximum atomic E-state index is 10.8. The summed E-state index contributed by atoms with van der Waals surface area (Å²) in [6.45, 7) is 8.26. The molecule has 5 heteroatoms. The number of ether oxygens (including phenoxy) is 1. The first-order valence-corrected chi connectivity index (χ1v) is 4.79. The lowest BCUT2D eigenvalue weighted by atomic mass is 10.1. The Morgan fingerprint density at radius 1 is 1.33 bits per heavy atom. The van der Waals surface area contributed by atoms with Crippen LogP contribution in [0.25, 0.3) is 0 Å². The van der Waals surface area contributed by atoms with Crippen molar-refractivity contribution in [3.63, 3.8) is 0 Å². The number of carbonyl (C=O) groups is 2. The molecule has 15 heavy (non-hydrogen) atoms. The van der Waals surface area contributed by atoms with E-state index in [-0.39, 0.29) is 0 Å². The van der Waals surface area contributed by atoms with E-state index in [2.05, 4.69) is 5.32 Å². The van der Waals surface area contributed by atoms with Gasteiger partial charge in [-0.1, -0.05) is 0 Å². The zero-order valence-corrected chi connectivity index (χ0v) is 9.79. The summed E-state index contributed by atoms with van der Waals surface area (Å²) in [5.41, 5.74) is -0.467. The van der Waals surface area contributed by atoms with Gasteiger partial charge in [-0.05, 0) is 27.7 Å². The van der Waals surface area contributed by atoms with Crippen molar-refractivity contribution in [3.05, 3.63) is 0 Å². The van der Waals surface area contributed by atoms with Gasteiger partial charge in [0, 0.05) is 6.92 Å². The topological polar surface area (TPSA) is 78.5 Å². The Bertz CT molecular complexity index is 244. The van der Waals surface area contributed by atoms with Gasteiger partial charge in [0.1, 0.15) is 0 Å². The van der Waals surface area contributed by atoms with Gasteiger partial charge in [0.05, 0.1) is 23.7 Å². The summed E-state index contributed by atoms with van der Waals surface area (Å²) >= 11 is 0. The minimum atomic E-state index is -1.35. The lowest BCUT2D eigenvalue weighted by Gasteiger charge is -2.31.